The van der Waals surface area contributed by atoms with Gasteiger partial charge in [-0.3, -0.25) is 4.79 Å². The highest BCUT2D eigenvalue weighted by Crippen LogP contribution is 2.25. The lowest BCUT2D eigenvalue weighted by Gasteiger charge is -2.34. The second-order valence-corrected chi connectivity index (χ2v) is 5.44. The quantitative estimate of drug-likeness (QED) is 0.730. The molecular weight excluding hydrogens is 262 g/mol. The fourth-order valence-electron chi connectivity index (χ4n) is 2.65. The summed E-state index contributed by atoms with van der Waals surface area (Å²) in [7, 11) is 0. The first-order chi connectivity index (χ1) is 9.41. The van der Waals surface area contributed by atoms with Crippen LogP contribution in [0, 0.1) is 0 Å². The minimum Gasteiger partial charge on any atom is -0.479 e. The van der Waals surface area contributed by atoms with Gasteiger partial charge in [0.05, 0.1) is 25.2 Å². The van der Waals surface area contributed by atoms with Gasteiger partial charge in [0.25, 0.3) is 0 Å². The van der Waals surface area contributed by atoms with Crippen LogP contribution in [0.4, 0.5) is 0 Å². The number of aliphatic hydroxyl groups is 1. The van der Waals surface area contributed by atoms with Crippen LogP contribution in [-0.4, -0.2) is 58.4 Å². The maximum absolute atomic E-state index is 12.2. The van der Waals surface area contributed by atoms with Crippen LogP contribution in [0.3, 0.4) is 0 Å². The van der Waals surface area contributed by atoms with Crippen molar-refractivity contribution in [3.8, 4) is 0 Å². The van der Waals surface area contributed by atoms with E-state index in [-0.39, 0.29) is 25.5 Å². The van der Waals surface area contributed by atoms with E-state index in [4.69, 9.17) is 9.84 Å². The van der Waals surface area contributed by atoms with Crippen molar-refractivity contribution >= 4 is 11.9 Å². The Hall–Kier alpha value is -1.14. The van der Waals surface area contributed by atoms with Crippen molar-refractivity contribution in [1.29, 1.82) is 0 Å². The third-order valence-corrected chi connectivity index (χ3v) is 3.61. The Kier molecular flexibility index (Phi) is 6.42. The first kappa shape index (κ1) is 16.9. The van der Waals surface area contributed by atoms with E-state index >= 15 is 0 Å². The lowest BCUT2D eigenvalue weighted by atomic mass is 9.88. The first-order valence-corrected chi connectivity index (χ1v) is 7.26. The van der Waals surface area contributed by atoms with Gasteiger partial charge in [-0.1, -0.05) is 26.7 Å². The molecule has 2 N–H and O–H groups in total. The minimum absolute atomic E-state index is 0.0566. The predicted octanol–water partition coefficient (Wildman–Crippen LogP) is 1.02. The van der Waals surface area contributed by atoms with E-state index in [1.54, 1.807) is 0 Å². The number of carboxylic acids is 1. The van der Waals surface area contributed by atoms with Crippen molar-refractivity contribution in [1.82, 2.24) is 4.90 Å². The summed E-state index contributed by atoms with van der Waals surface area (Å²) in [4.78, 5) is 24.6. The van der Waals surface area contributed by atoms with Crippen LogP contribution in [0.15, 0.2) is 0 Å². The van der Waals surface area contributed by atoms with Gasteiger partial charge in [-0.2, -0.15) is 0 Å². The summed E-state index contributed by atoms with van der Waals surface area (Å²) in [5.74, 6) is -1.25. The standard InChI is InChI=1S/C14H25NO5/c1-3-5-14(19,6-4-2)9-12(16)15-7-8-20-11(10-15)13(17)18/h11,19H,3-10H2,1-2H3,(H,17,18). The zero-order valence-electron chi connectivity index (χ0n) is 12.3. The van der Waals surface area contributed by atoms with Gasteiger partial charge in [0.2, 0.25) is 5.91 Å². The van der Waals surface area contributed by atoms with Crippen LogP contribution in [0.1, 0.15) is 46.0 Å². The van der Waals surface area contributed by atoms with E-state index < -0.39 is 17.7 Å². The lowest BCUT2D eigenvalue weighted by molar-refractivity contribution is -0.160. The lowest BCUT2D eigenvalue weighted by Crippen LogP contribution is -2.50. The van der Waals surface area contributed by atoms with Crippen LogP contribution in [0.2, 0.25) is 0 Å². The van der Waals surface area contributed by atoms with E-state index in [0.29, 0.717) is 19.4 Å². The molecule has 1 unspecified atom stereocenters. The number of hydrogen-bond donors (Lipinski definition) is 2. The number of ether oxygens (including phenoxy) is 1. The van der Waals surface area contributed by atoms with Crippen molar-refractivity contribution in [2.24, 2.45) is 0 Å². The molecule has 6 heteroatoms. The van der Waals surface area contributed by atoms with Gasteiger partial charge in [-0.15, -0.1) is 0 Å². The molecule has 1 fully saturated rings. The zero-order chi connectivity index (χ0) is 15.2. The summed E-state index contributed by atoms with van der Waals surface area (Å²) < 4.78 is 5.09. The van der Waals surface area contributed by atoms with Crippen molar-refractivity contribution in [3.05, 3.63) is 0 Å². The molecule has 0 bridgehead atoms. The smallest absolute Gasteiger partial charge is 0.334 e. The second-order valence-electron chi connectivity index (χ2n) is 5.44. The van der Waals surface area contributed by atoms with Gasteiger partial charge < -0.3 is 19.8 Å². The number of carbonyl (C=O) groups excluding carboxylic acids is 1. The number of carboxylic acid groups (broad SMARTS) is 1. The molecule has 0 aromatic heterocycles. The van der Waals surface area contributed by atoms with Gasteiger partial charge in [-0.25, -0.2) is 4.79 Å². The normalized spacial score (nSPS) is 19.9. The van der Waals surface area contributed by atoms with E-state index in [1.807, 2.05) is 13.8 Å². The summed E-state index contributed by atoms with van der Waals surface area (Å²) >= 11 is 0. The average molecular weight is 287 g/mol. The van der Waals surface area contributed by atoms with Crippen LogP contribution in [0.5, 0.6) is 0 Å². The van der Waals surface area contributed by atoms with Crippen molar-refractivity contribution in [3.63, 3.8) is 0 Å². The molecule has 0 radical (unpaired) electrons. The van der Waals surface area contributed by atoms with E-state index in [0.717, 1.165) is 12.8 Å². The molecule has 1 atom stereocenters. The summed E-state index contributed by atoms with van der Waals surface area (Å²) in [6, 6.07) is 0. The van der Waals surface area contributed by atoms with Crippen LogP contribution in [-0.2, 0) is 14.3 Å². The monoisotopic (exact) mass is 287 g/mol. The zero-order valence-corrected chi connectivity index (χ0v) is 12.3. The largest absolute Gasteiger partial charge is 0.479 e. The van der Waals surface area contributed by atoms with E-state index in [1.165, 1.54) is 4.90 Å². The fourth-order valence-corrected chi connectivity index (χ4v) is 2.65. The number of amides is 1. The highest BCUT2D eigenvalue weighted by molar-refractivity contribution is 5.79. The summed E-state index contributed by atoms with van der Waals surface area (Å²) in [6.45, 7) is 4.61. The number of morpholine rings is 1. The molecule has 1 heterocycles. The van der Waals surface area contributed by atoms with E-state index in [9.17, 15) is 14.7 Å². The summed E-state index contributed by atoms with van der Waals surface area (Å²) in [6.07, 6.45) is 1.88. The number of rotatable bonds is 7. The molecule has 0 saturated carbocycles. The number of aliphatic carboxylic acids is 1. The SMILES string of the molecule is CCCC(O)(CCC)CC(=O)N1CCOC(C(=O)O)C1. The predicted molar refractivity (Wildman–Crippen MR) is 73.3 cm³/mol. The van der Waals surface area contributed by atoms with Gasteiger partial charge in [0.1, 0.15) is 0 Å². The average Bonchev–Trinajstić information content (AvgIpc) is 2.39. The molecule has 1 amide bonds. The maximum atomic E-state index is 12.2. The molecule has 0 spiro atoms. The Morgan fingerprint density at radius 2 is 1.90 bits per heavy atom. The third kappa shape index (κ3) is 4.76. The molecule has 1 aliphatic heterocycles. The Labute approximate surface area is 119 Å². The first-order valence-electron chi connectivity index (χ1n) is 7.26. The molecule has 0 aliphatic carbocycles. The Morgan fingerprint density at radius 1 is 1.30 bits per heavy atom. The topological polar surface area (TPSA) is 87.1 Å². The van der Waals surface area contributed by atoms with Gasteiger partial charge in [-0.05, 0) is 12.8 Å². The Bertz CT molecular complexity index is 338. The molecular formula is C14H25NO5. The molecule has 0 aromatic rings. The van der Waals surface area contributed by atoms with Crippen LogP contribution >= 0.6 is 0 Å². The molecule has 1 rings (SSSR count). The molecule has 0 aromatic carbocycles. The maximum Gasteiger partial charge on any atom is 0.334 e. The van der Waals surface area contributed by atoms with E-state index in [2.05, 4.69) is 0 Å². The summed E-state index contributed by atoms with van der Waals surface area (Å²) in [5.41, 5.74) is -0.975. The summed E-state index contributed by atoms with van der Waals surface area (Å²) in [5, 5.41) is 19.4. The van der Waals surface area contributed by atoms with Crippen molar-refractivity contribution in [2.75, 3.05) is 19.7 Å². The van der Waals surface area contributed by atoms with Gasteiger partial charge in [0.15, 0.2) is 6.10 Å². The van der Waals surface area contributed by atoms with Gasteiger partial charge in [0, 0.05) is 6.54 Å². The van der Waals surface area contributed by atoms with Crippen molar-refractivity contribution < 1.29 is 24.5 Å². The molecule has 1 aliphatic rings. The highest BCUT2D eigenvalue weighted by Gasteiger charge is 2.34. The van der Waals surface area contributed by atoms with Crippen LogP contribution in [0.25, 0.3) is 0 Å². The van der Waals surface area contributed by atoms with Gasteiger partial charge >= 0.3 is 5.97 Å². The third-order valence-electron chi connectivity index (χ3n) is 3.61. The fraction of sp³-hybridized carbons (Fsp3) is 0.857. The minimum atomic E-state index is -1.06. The van der Waals surface area contributed by atoms with Crippen molar-refractivity contribution in [2.45, 2.75) is 57.7 Å². The highest BCUT2D eigenvalue weighted by atomic mass is 16.5. The van der Waals surface area contributed by atoms with Crippen LogP contribution < -0.4 is 0 Å². The number of hydrogen-bond acceptors (Lipinski definition) is 4. The molecule has 6 nitrogen and oxygen atoms in total. The number of nitrogens with zero attached hydrogens (tertiary/aromatic N) is 1. The Balaban J connectivity index is 2.61. The second kappa shape index (κ2) is 7.59. The molecule has 116 valence electrons. The molecule has 20 heavy (non-hydrogen) atoms. The Morgan fingerprint density at radius 3 is 2.40 bits per heavy atom. The molecule has 1 saturated heterocycles. The number of carbonyl (C=O) groups is 2.